The Bertz CT molecular complexity index is 642. The third-order valence-corrected chi connectivity index (χ3v) is 3.21. The lowest BCUT2D eigenvalue weighted by atomic mass is 9.98. The average Bonchev–Trinajstić information content (AvgIpc) is 2.41. The molecule has 0 aliphatic carbocycles. The van der Waals surface area contributed by atoms with Gasteiger partial charge >= 0.3 is 0 Å². The maximum absolute atomic E-state index is 11.5. The molecule has 4 N–H and O–H groups in total. The summed E-state index contributed by atoms with van der Waals surface area (Å²) in [6.45, 7) is 4.08. The zero-order valence-corrected chi connectivity index (χ0v) is 12.1. The highest BCUT2D eigenvalue weighted by Gasteiger charge is 2.11. The number of halogens is 1. The number of amides is 1. The molecule has 2 rings (SSSR count). The van der Waals surface area contributed by atoms with Crippen LogP contribution in [0.4, 0.5) is 0 Å². The van der Waals surface area contributed by atoms with Gasteiger partial charge < -0.3 is 5.11 Å². The molecular formula is C15H17ClN2O2. The van der Waals surface area contributed by atoms with Crippen molar-refractivity contribution in [1.29, 1.82) is 0 Å². The number of hydrogen-bond donors (Lipinski definition) is 3. The van der Waals surface area contributed by atoms with Crippen molar-refractivity contribution in [2.45, 2.75) is 13.8 Å². The first-order valence-corrected chi connectivity index (χ1v) is 5.94. The zero-order valence-electron chi connectivity index (χ0n) is 11.3. The first-order chi connectivity index (χ1) is 9.02. The van der Waals surface area contributed by atoms with E-state index in [9.17, 15) is 9.90 Å². The molecular weight excluding hydrogens is 276 g/mol. The summed E-state index contributed by atoms with van der Waals surface area (Å²) in [6.07, 6.45) is 0. The largest absolute Gasteiger partial charge is 0.507 e. The number of hydrogen-bond acceptors (Lipinski definition) is 3. The number of nitrogens with one attached hydrogen (secondary N) is 1. The van der Waals surface area contributed by atoms with Crippen LogP contribution in [0.25, 0.3) is 11.1 Å². The number of rotatable bonds is 2. The van der Waals surface area contributed by atoms with E-state index in [1.807, 2.05) is 37.5 Å². The zero-order chi connectivity index (χ0) is 14.0. The molecule has 2 aromatic carbocycles. The second-order valence-electron chi connectivity index (χ2n) is 4.50. The van der Waals surface area contributed by atoms with Crippen LogP contribution in [-0.4, -0.2) is 11.0 Å². The van der Waals surface area contributed by atoms with Crippen molar-refractivity contribution in [1.82, 2.24) is 5.43 Å². The van der Waals surface area contributed by atoms with Crippen LogP contribution >= 0.6 is 12.4 Å². The van der Waals surface area contributed by atoms with Gasteiger partial charge in [-0.25, -0.2) is 5.84 Å². The minimum absolute atomic E-state index is 0. The van der Waals surface area contributed by atoms with E-state index < -0.39 is 5.91 Å². The Morgan fingerprint density at radius 3 is 2.25 bits per heavy atom. The fraction of sp³-hybridized carbons (Fsp3) is 0.133. The van der Waals surface area contributed by atoms with E-state index in [1.54, 1.807) is 12.1 Å². The van der Waals surface area contributed by atoms with Crippen molar-refractivity contribution < 1.29 is 9.90 Å². The summed E-state index contributed by atoms with van der Waals surface area (Å²) in [4.78, 5) is 11.5. The second kappa shape index (κ2) is 6.41. The molecule has 2 aromatic rings. The third-order valence-electron chi connectivity index (χ3n) is 3.21. The van der Waals surface area contributed by atoms with Crippen LogP contribution in [0.5, 0.6) is 5.75 Å². The molecule has 5 heteroatoms. The number of carbonyl (C=O) groups is 1. The summed E-state index contributed by atoms with van der Waals surface area (Å²) >= 11 is 0. The first kappa shape index (κ1) is 16.0. The number of nitrogen functional groups attached to an aromatic ring is 1. The number of phenolic OH excluding ortho intramolecular Hbond substituents is 1. The maximum Gasteiger partial charge on any atom is 0.268 e. The molecule has 0 unspecified atom stereocenters. The summed E-state index contributed by atoms with van der Waals surface area (Å²) in [5.41, 5.74) is 6.43. The minimum atomic E-state index is -0.511. The molecule has 20 heavy (non-hydrogen) atoms. The molecule has 0 bridgehead atoms. The Kier molecular flexibility index (Phi) is 5.13. The summed E-state index contributed by atoms with van der Waals surface area (Å²) in [6, 6.07) is 11.0. The molecule has 0 atom stereocenters. The van der Waals surface area contributed by atoms with Crippen molar-refractivity contribution in [2.75, 3.05) is 0 Å². The van der Waals surface area contributed by atoms with E-state index in [0.29, 0.717) is 0 Å². The molecule has 4 nitrogen and oxygen atoms in total. The predicted octanol–water partition coefficient (Wildman–Crippen LogP) is 2.70. The number of carbonyl (C=O) groups excluding carboxylic acids is 1. The molecule has 0 fully saturated rings. The van der Waals surface area contributed by atoms with Crippen LogP contribution in [0.15, 0.2) is 36.4 Å². The average molecular weight is 293 g/mol. The second-order valence-corrected chi connectivity index (χ2v) is 4.50. The summed E-state index contributed by atoms with van der Waals surface area (Å²) in [5.74, 6) is 4.50. The molecule has 0 saturated carbocycles. The molecule has 0 aliphatic rings. The summed E-state index contributed by atoms with van der Waals surface area (Å²) < 4.78 is 0. The van der Waals surface area contributed by atoms with E-state index in [0.717, 1.165) is 11.1 Å². The highest BCUT2D eigenvalue weighted by atomic mass is 35.5. The predicted molar refractivity (Wildman–Crippen MR) is 81.9 cm³/mol. The maximum atomic E-state index is 11.5. The highest BCUT2D eigenvalue weighted by Crippen LogP contribution is 2.27. The van der Waals surface area contributed by atoms with Gasteiger partial charge in [-0.3, -0.25) is 10.2 Å². The van der Waals surface area contributed by atoms with E-state index in [1.165, 1.54) is 17.2 Å². The van der Waals surface area contributed by atoms with Gasteiger partial charge in [0.1, 0.15) is 5.75 Å². The van der Waals surface area contributed by atoms with Crippen LogP contribution in [0.2, 0.25) is 0 Å². The normalized spacial score (nSPS) is 9.75. The molecule has 0 aliphatic heterocycles. The van der Waals surface area contributed by atoms with E-state index in [-0.39, 0.29) is 23.7 Å². The standard InChI is InChI=1S/C15H16N2O2.ClH/c1-9-3-4-11(7-10(9)2)12-5-6-14(18)13(8-12)15(19)17-16;/h3-8,18H,16H2,1-2H3,(H,17,19);1H. The van der Waals surface area contributed by atoms with Gasteiger partial charge in [-0.2, -0.15) is 0 Å². The number of aromatic hydroxyl groups is 1. The fourth-order valence-corrected chi connectivity index (χ4v) is 1.90. The molecule has 0 spiro atoms. The monoisotopic (exact) mass is 292 g/mol. The van der Waals surface area contributed by atoms with Gasteiger partial charge in [-0.15, -0.1) is 12.4 Å². The third kappa shape index (κ3) is 3.10. The van der Waals surface area contributed by atoms with E-state index in [2.05, 4.69) is 0 Å². The Hall–Kier alpha value is -2.04. The molecule has 0 radical (unpaired) electrons. The SMILES string of the molecule is Cc1ccc(-c2ccc(O)c(C(=O)NN)c2)cc1C.Cl. The van der Waals surface area contributed by atoms with Gasteiger partial charge in [-0.1, -0.05) is 24.3 Å². The molecule has 0 aromatic heterocycles. The van der Waals surface area contributed by atoms with Crippen molar-refractivity contribution in [3.05, 3.63) is 53.1 Å². The van der Waals surface area contributed by atoms with Gasteiger partial charge in [0.15, 0.2) is 0 Å². The van der Waals surface area contributed by atoms with Crippen LogP contribution < -0.4 is 11.3 Å². The Balaban J connectivity index is 0.00000200. The highest BCUT2D eigenvalue weighted by molar-refractivity contribution is 5.97. The van der Waals surface area contributed by atoms with Crippen LogP contribution in [0, 0.1) is 13.8 Å². The van der Waals surface area contributed by atoms with Crippen LogP contribution in [0.3, 0.4) is 0 Å². The smallest absolute Gasteiger partial charge is 0.268 e. The molecule has 1 amide bonds. The Morgan fingerprint density at radius 2 is 1.65 bits per heavy atom. The van der Waals surface area contributed by atoms with Crippen molar-refractivity contribution in [3.8, 4) is 16.9 Å². The fourth-order valence-electron chi connectivity index (χ4n) is 1.90. The lowest BCUT2D eigenvalue weighted by Gasteiger charge is -2.09. The number of nitrogens with two attached hydrogens (primary N) is 1. The van der Waals surface area contributed by atoms with Crippen molar-refractivity contribution >= 4 is 18.3 Å². The van der Waals surface area contributed by atoms with Gasteiger partial charge in [0, 0.05) is 0 Å². The Labute approximate surface area is 124 Å². The van der Waals surface area contributed by atoms with Gasteiger partial charge in [0.2, 0.25) is 0 Å². The van der Waals surface area contributed by atoms with Gasteiger partial charge in [0.05, 0.1) is 5.56 Å². The van der Waals surface area contributed by atoms with Crippen LogP contribution in [-0.2, 0) is 0 Å². The van der Waals surface area contributed by atoms with E-state index in [4.69, 9.17) is 5.84 Å². The van der Waals surface area contributed by atoms with Crippen LogP contribution in [0.1, 0.15) is 21.5 Å². The van der Waals surface area contributed by atoms with Gasteiger partial charge in [0.25, 0.3) is 5.91 Å². The quantitative estimate of drug-likeness (QED) is 0.452. The topological polar surface area (TPSA) is 75.3 Å². The number of phenols is 1. The minimum Gasteiger partial charge on any atom is -0.507 e. The summed E-state index contributed by atoms with van der Waals surface area (Å²) in [5, 5.41) is 9.67. The number of aryl methyl sites for hydroxylation is 2. The van der Waals surface area contributed by atoms with Gasteiger partial charge in [-0.05, 0) is 48.2 Å². The molecule has 106 valence electrons. The lowest BCUT2D eigenvalue weighted by Crippen LogP contribution is -2.30. The summed E-state index contributed by atoms with van der Waals surface area (Å²) in [7, 11) is 0. The van der Waals surface area contributed by atoms with Crippen molar-refractivity contribution in [2.24, 2.45) is 5.84 Å². The molecule has 0 saturated heterocycles. The van der Waals surface area contributed by atoms with E-state index >= 15 is 0 Å². The first-order valence-electron chi connectivity index (χ1n) is 5.94. The molecule has 0 heterocycles. The van der Waals surface area contributed by atoms with Crippen molar-refractivity contribution in [3.63, 3.8) is 0 Å². The lowest BCUT2D eigenvalue weighted by molar-refractivity contribution is 0.0951. The number of benzene rings is 2. The number of hydrazine groups is 1. The Morgan fingerprint density at radius 1 is 1.05 bits per heavy atom.